The van der Waals surface area contributed by atoms with Crippen LogP contribution in [0.2, 0.25) is 10.0 Å². The smallest absolute Gasteiger partial charge is 0.349 e. The van der Waals surface area contributed by atoms with Crippen LogP contribution in [-0.2, 0) is 0 Å². The van der Waals surface area contributed by atoms with Gasteiger partial charge in [-0.15, -0.1) is 0 Å². The van der Waals surface area contributed by atoms with Crippen molar-refractivity contribution in [3.05, 3.63) is 88.9 Å². The second-order valence-corrected chi connectivity index (χ2v) is 8.36. The van der Waals surface area contributed by atoms with E-state index in [9.17, 15) is 14.4 Å². The van der Waals surface area contributed by atoms with Gasteiger partial charge in [-0.3, -0.25) is 14.6 Å². The fraction of sp³-hybridized carbons (Fsp3) is 0.182. The second kappa shape index (κ2) is 8.29. The molecule has 2 heterocycles. The highest BCUT2D eigenvalue weighted by atomic mass is 35.5. The molecular formula is C22H18Cl2N4O4. The number of aryl methyl sites for hydroxylation is 1. The Balaban J connectivity index is 1.77. The Bertz CT molecular complexity index is 1510. The number of nitrogens with zero attached hydrogens (tertiary/aromatic N) is 2. The lowest BCUT2D eigenvalue weighted by Gasteiger charge is -2.14. The molecule has 8 nitrogen and oxygen atoms in total. The molecule has 4 aromatic rings. The number of aromatic amines is 2. The number of nitrogens with one attached hydrogen (secondary N) is 2. The van der Waals surface area contributed by atoms with Crippen molar-refractivity contribution in [1.29, 1.82) is 0 Å². The molecule has 0 bridgehead atoms. The summed E-state index contributed by atoms with van der Waals surface area (Å²) in [6, 6.07) is 9.75. The van der Waals surface area contributed by atoms with Gasteiger partial charge in [0.25, 0.3) is 5.56 Å². The zero-order chi connectivity index (χ0) is 23.2. The van der Waals surface area contributed by atoms with E-state index < -0.39 is 11.2 Å². The molecule has 164 valence electrons. The molecule has 0 aliphatic rings. The quantitative estimate of drug-likeness (QED) is 0.460. The SMILES string of the molecule is Cc1nn(-c2cc(Cl)c(Oc3ccc4[nH]c(=O)cc(C(C)C)c4c3)c(Cl)c2)c(=O)[nH]c1=O. The first-order valence-corrected chi connectivity index (χ1v) is 10.4. The van der Waals surface area contributed by atoms with Gasteiger partial charge in [0.05, 0.1) is 15.7 Å². The summed E-state index contributed by atoms with van der Waals surface area (Å²) in [5.74, 6) is 0.799. The van der Waals surface area contributed by atoms with Crippen molar-refractivity contribution < 1.29 is 4.74 Å². The van der Waals surface area contributed by atoms with Crippen molar-refractivity contribution in [2.75, 3.05) is 0 Å². The molecule has 0 aliphatic carbocycles. The third kappa shape index (κ3) is 4.06. The summed E-state index contributed by atoms with van der Waals surface area (Å²) in [6.07, 6.45) is 0. The van der Waals surface area contributed by atoms with Gasteiger partial charge in [-0.05, 0) is 48.7 Å². The maximum Gasteiger partial charge on any atom is 0.349 e. The number of ether oxygens (including phenoxy) is 1. The van der Waals surface area contributed by atoms with Gasteiger partial charge in [0.15, 0.2) is 5.75 Å². The van der Waals surface area contributed by atoms with Crippen LogP contribution in [0.4, 0.5) is 0 Å². The van der Waals surface area contributed by atoms with E-state index in [1.165, 1.54) is 19.1 Å². The van der Waals surface area contributed by atoms with Gasteiger partial charge in [-0.1, -0.05) is 37.0 Å². The molecule has 0 amide bonds. The Morgan fingerprint density at radius 1 is 1.00 bits per heavy atom. The molecule has 0 saturated carbocycles. The normalized spacial score (nSPS) is 11.3. The summed E-state index contributed by atoms with van der Waals surface area (Å²) in [4.78, 5) is 40.6. The summed E-state index contributed by atoms with van der Waals surface area (Å²) in [5, 5.41) is 5.12. The molecule has 2 N–H and O–H groups in total. The molecule has 4 rings (SSSR count). The number of halogens is 2. The first-order chi connectivity index (χ1) is 15.1. The predicted octanol–water partition coefficient (Wildman–Crippen LogP) is 4.29. The molecule has 0 fully saturated rings. The zero-order valence-corrected chi connectivity index (χ0v) is 18.8. The minimum absolute atomic E-state index is 0.118. The highest BCUT2D eigenvalue weighted by Crippen LogP contribution is 2.39. The minimum atomic E-state index is -0.717. The second-order valence-electron chi connectivity index (χ2n) is 7.55. The molecule has 0 atom stereocenters. The van der Waals surface area contributed by atoms with Gasteiger partial charge in [0.1, 0.15) is 11.4 Å². The topological polar surface area (TPSA) is 110 Å². The first kappa shape index (κ1) is 21.9. The number of fused-ring (bicyclic) bond motifs is 1. The predicted molar refractivity (Wildman–Crippen MR) is 124 cm³/mol. The number of hydrogen-bond acceptors (Lipinski definition) is 5. The molecule has 0 radical (unpaired) electrons. The standard InChI is InChI=1S/C22H18Cl2N4O4/c1-10(2)14-9-19(29)25-18-5-4-13(8-15(14)18)32-20-16(23)6-12(7-17(20)24)28-22(31)26-21(30)11(3)27-28/h4-10H,1-3H3,(H,25,29)(H,26,30,31). The fourth-order valence-electron chi connectivity index (χ4n) is 3.34. The highest BCUT2D eigenvalue weighted by Gasteiger charge is 2.15. The van der Waals surface area contributed by atoms with Crippen molar-refractivity contribution in [2.24, 2.45) is 0 Å². The van der Waals surface area contributed by atoms with Crippen LogP contribution in [0.5, 0.6) is 11.5 Å². The van der Waals surface area contributed by atoms with Crippen LogP contribution in [0.3, 0.4) is 0 Å². The van der Waals surface area contributed by atoms with Gasteiger partial charge in [-0.25, -0.2) is 4.79 Å². The summed E-state index contributed by atoms with van der Waals surface area (Å²) >= 11 is 12.8. The maximum atomic E-state index is 12.1. The van der Waals surface area contributed by atoms with Crippen LogP contribution < -0.4 is 21.5 Å². The van der Waals surface area contributed by atoms with Gasteiger partial charge in [-0.2, -0.15) is 9.78 Å². The molecule has 0 saturated heterocycles. The Hall–Kier alpha value is -3.36. The van der Waals surface area contributed by atoms with Crippen LogP contribution >= 0.6 is 23.2 Å². The number of aromatic nitrogens is 4. The van der Waals surface area contributed by atoms with Gasteiger partial charge in [0.2, 0.25) is 5.56 Å². The lowest BCUT2D eigenvalue weighted by Crippen LogP contribution is -2.32. The first-order valence-electron chi connectivity index (χ1n) is 9.68. The minimum Gasteiger partial charge on any atom is -0.454 e. The van der Waals surface area contributed by atoms with Crippen LogP contribution in [-0.4, -0.2) is 19.7 Å². The number of rotatable bonds is 4. The molecule has 0 unspecified atom stereocenters. The van der Waals surface area contributed by atoms with Crippen molar-refractivity contribution in [3.8, 4) is 17.2 Å². The van der Waals surface area contributed by atoms with E-state index in [1.54, 1.807) is 24.3 Å². The number of benzene rings is 2. The molecule has 2 aromatic heterocycles. The van der Waals surface area contributed by atoms with E-state index in [4.69, 9.17) is 27.9 Å². The summed E-state index contributed by atoms with van der Waals surface area (Å²) in [7, 11) is 0. The van der Waals surface area contributed by atoms with Gasteiger partial charge >= 0.3 is 5.69 Å². The maximum absolute atomic E-state index is 12.1. The van der Waals surface area contributed by atoms with E-state index in [0.717, 1.165) is 15.6 Å². The van der Waals surface area contributed by atoms with Gasteiger partial charge < -0.3 is 9.72 Å². The highest BCUT2D eigenvalue weighted by molar-refractivity contribution is 6.37. The average molecular weight is 473 g/mol. The Morgan fingerprint density at radius 3 is 2.34 bits per heavy atom. The van der Waals surface area contributed by atoms with E-state index >= 15 is 0 Å². The van der Waals surface area contributed by atoms with Crippen molar-refractivity contribution in [2.45, 2.75) is 26.7 Å². The van der Waals surface area contributed by atoms with Crippen LogP contribution in [0, 0.1) is 6.92 Å². The molecule has 10 heteroatoms. The Morgan fingerprint density at radius 2 is 1.69 bits per heavy atom. The van der Waals surface area contributed by atoms with E-state index in [-0.39, 0.29) is 38.7 Å². The van der Waals surface area contributed by atoms with Crippen LogP contribution in [0.1, 0.15) is 31.0 Å². The van der Waals surface area contributed by atoms with Gasteiger partial charge in [0, 0.05) is 17.0 Å². The van der Waals surface area contributed by atoms with E-state index in [1.807, 2.05) is 13.8 Å². The lowest BCUT2D eigenvalue weighted by atomic mass is 9.99. The van der Waals surface area contributed by atoms with Crippen molar-refractivity contribution in [1.82, 2.24) is 19.7 Å². The Labute approximate surface area is 191 Å². The van der Waals surface area contributed by atoms with Crippen molar-refractivity contribution >= 4 is 34.1 Å². The molecule has 32 heavy (non-hydrogen) atoms. The molecule has 2 aromatic carbocycles. The van der Waals surface area contributed by atoms with Crippen LogP contribution in [0.15, 0.2) is 50.8 Å². The molecular weight excluding hydrogens is 455 g/mol. The Kier molecular flexibility index (Phi) is 5.66. The average Bonchev–Trinajstić information content (AvgIpc) is 2.72. The molecule has 0 aliphatic heterocycles. The lowest BCUT2D eigenvalue weighted by molar-refractivity contribution is 0.483. The number of pyridine rings is 1. The van der Waals surface area contributed by atoms with Crippen molar-refractivity contribution in [3.63, 3.8) is 0 Å². The third-order valence-electron chi connectivity index (χ3n) is 4.91. The summed E-state index contributed by atoms with van der Waals surface area (Å²) in [6.45, 7) is 5.49. The zero-order valence-electron chi connectivity index (χ0n) is 17.3. The number of hydrogen-bond donors (Lipinski definition) is 2. The largest absolute Gasteiger partial charge is 0.454 e. The summed E-state index contributed by atoms with van der Waals surface area (Å²) < 4.78 is 6.96. The fourth-order valence-corrected chi connectivity index (χ4v) is 3.89. The molecule has 0 spiro atoms. The van der Waals surface area contributed by atoms with E-state index in [2.05, 4.69) is 15.1 Å². The van der Waals surface area contributed by atoms with E-state index in [0.29, 0.717) is 11.3 Å². The summed E-state index contributed by atoms with van der Waals surface area (Å²) in [5.41, 5.74) is 0.522. The van der Waals surface area contributed by atoms with Crippen LogP contribution in [0.25, 0.3) is 16.6 Å². The monoisotopic (exact) mass is 472 g/mol. The third-order valence-corrected chi connectivity index (χ3v) is 5.47. The number of H-pyrrole nitrogens is 2.